The molecule has 1 heterocycles. The molecule has 3 heteroatoms. The lowest BCUT2D eigenvalue weighted by molar-refractivity contribution is 0.419. The van der Waals surface area contributed by atoms with Crippen molar-refractivity contribution in [1.29, 1.82) is 0 Å². The lowest BCUT2D eigenvalue weighted by Crippen LogP contribution is -1.59. The van der Waals surface area contributed by atoms with E-state index in [9.17, 15) is 0 Å². The van der Waals surface area contributed by atoms with Crippen LogP contribution in [0.4, 0.5) is 0 Å². The second-order valence-corrected chi connectivity index (χ2v) is 1.49. The minimum absolute atomic E-state index is 0.282. The molecule has 0 bridgehead atoms. The van der Waals surface area contributed by atoms with Crippen LogP contribution < -0.4 is 0 Å². The summed E-state index contributed by atoms with van der Waals surface area (Å²) < 4.78 is 4.42. The quantitative estimate of drug-likeness (QED) is 0.514. The number of hydrogen-bond acceptors (Lipinski definition) is 2. The number of aromatic nitrogens is 1. The highest BCUT2D eigenvalue weighted by Crippen LogP contribution is 2.06. The number of hydrogen-bond donors (Lipinski definition) is 0. The highest BCUT2D eigenvalue weighted by atomic mass is 35.5. The molecule has 0 amide bonds. The van der Waals surface area contributed by atoms with Crippen molar-refractivity contribution in [2.45, 2.75) is 0 Å². The van der Waals surface area contributed by atoms with Gasteiger partial charge in [-0.25, -0.2) is 0 Å². The molecule has 1 aromatic heterocycles. The van der Waals surface area contributed by atoms with E-state index in [4.69, 9.17) is 11.6 Å². The summed E-state index contributed by atoms with van der Waals surface area (Å²) in [6.07, 6.45) is 0. The Labute approximate surface area is 46.1 Å². The fourth-order valence-corrected chi connectivity index (χ4v) is 0.446. The van der Waals surface area contributed by atoms with Crippen molar-refractivity contribution in [3.8, 4) is 0 Å². The van der Waals surface area contributed by atoms with Crippen LogP contribution in [0.15, 0.2) is 10.6 Å². The standard InChI is InChI=1S/C4H3ClNO/c1-3-2-4(5)7-6-3/h2H,1H2. The van der Waals surface area contributed by atoms with Gasteiger partial charge in [0, 0.05) is 6.07 Å². The maximum Gasteiger partial charge on any atom is 0.226 e. The zero-order chi connectivity index (χ0) is 5.28. The average molecular weight is 117 g/mol. The fraction of sp³-hybridized carbons (Fsp3) is 0. The molecule has 1 aromatic rings. The molecule has 1 radical (unpaired) electrons. The SMILES string of the molecule is [CH2]c1cc(Cl)on1. The lowest BCUT2D eigenvalue weighted by Gasteiger charge is -1.62. The highest BCUT2D eigenvalue weighted by molar-refractivity contribution is 6.28. The molecule has 0 aliphatic rings. The van der Waals surface area contributed by atoms with E-state index in [1.807, 2.05) is 0 Å². The van der Waals surface area contributed by atoms with Gasteiger partial charge in [0.1, 0.15) is 0 Å². The normalized spacial score (nSPS) is 9.43. The van der Waals surface area contributed by atoms with Gasteiger partial charge < -0.3 is 4.52 Å². The molecular formula is C4H3ClNO. The Morgan fingerprint density at radius 2 is 2.57 bits per heavy atom. The number of halogens is 1. The molecule has 0 N–H and O–H groups in total. The molecule has 0 aliphatic carbocycles. The van der Waals surface area contributed by atoms with E-state index in [2.05, 4.69) is 16.6 Å². The molecular weight excluding hydrogens is 114 g/mol. The van der Waals surface area contributed by atoms with Crippen LogP contribution in [-0.4, -0.2) is 5.16 Å². The summed E-state index contributed by atoms with van der Waals surface area (Å²) in [6.45, 7) is 3.45. The van der Waals surface area contributed by atoms with Crippen molar-refractivity contribution in [3.05, 3.63) is 23.9 Å². The molecule has 7 heavy (non-hydrogen) atoms. The second kappa shape index (κ2) is 1.54. The first kappa shape index (κ1) is 4.65. The third-order valence-corrected chi connectivity index (χ3v) is 0.708. The Morgan fingerprint density at radius 1 is 1.86 bits per heavy atom. The summed E-state index contributed by atoms with van der Waals surface area (Å²) in [6, 6.07) is 1.54. The van der Waals surface area contributed by atoms with Crippen LogP contribution in [0, 0.1) is 6.92 Å². The van der Waals surface area contributed by atoms with Gasteiger partial charge in [0.25, 0.3) is 0 Å². The van der Waals surface area contributed by atoms with Crippen molar-refractivity contribution in [3.63, 3.8) is 0 Å². The lowest BCUT2D eigenvalue weighted by atomic mass is 10.5. The van der Waals surface area contributed by atoms with E-state index >= 15 is 0 Å². The monoisotopic (exact) mass is 116 g/mol. The predicted molar refractivity (Wildman–Crippen MR) is 26.0 cm³/mol. The van der Waals surface area contributed by atoms with Gasteiger partial charge in [0.15, 0.2) is 0 Å². The molecule has 0 saturated heterocycles. The zero-order valence-electron chi connectivity index (χ0n) is 3.52. The van der Waals surface area contributed by atoms with Gasteiger partial charge in [-0.05, 0) is 18.5 Å². The van der Waals surface area contributed by atoms with Crippen molar-refractivity contribution in [2.24, 2.45) is 0 Å². The van der Waals surface area contributed by atoms with Crippen LogP contribution in [0.5, 0.6) is 0 Å². The molecule has 0 unspecified atom stereocenters. The minimum atomic E-state index is 0.282. The van der Waals surface area contributed by atoms with Crippen LogP contribution in [0.3, 0.4) is 0 Å². The van der Waals surface area contributed by atoms with Gasteiger partial charge in [-0.3, -0.25) is 0 Å². The molecule has 0 aromatic carbocycles. The smallest absolute Gasteiger partial charge is 0.226 e. The Bertz CT molecular complexity index is 144. The minimum Gasteiger partial charge on any atom is -0.344 e. The van der Waals surface area contributed by atoms with Crippen molar-refractivity contribution < 1.29 is 4.52 Å². The Kier molecular flexibility index (Phi) is 1.02. The van der Waals surface area contributed by atoms with E-state index in [0.29, 0.717) is 5.69 Å². The second-order valence-electron chi connectivity index (χ2n) is 1.12. The number of rotatable bonds is 0. The molecule has 0 aliphatic heterocycles. The molecule has 0 atom stereocenters. The van der Waals surface area contributed by atoms with Gasteiger partial charge in [-0.15, -0.1) is 0 Å². The highest BCUT2D eigenvalue weighted by Gasteiger charge is 1.91. The maximum absolute atomic E-state index is 5.29. The fourth-order valence-electron chi connectivity index (χ4n) is 0.286. The zero-order valence-corrected chi connectivity index (χ0v) is 4.27. The predicted octanol–water partition coefficient (Wildman–Crippen LogP) is 1.51. The maximum atomic E-state index is 5.29. The van der Waals surface area contributed by atoms with Crippen LogP contribution in [0.25, 0.3) is 0 Å². The molecule has 0 fully saturated rings. The van der Waals surface area contributed by atoms with Gasteiger partial charge in [-0.1, -0.05) is 5.16 Å². The Morgan fingerprint density at radius 3 is 2.71 bits per heavy atom. The van der Waals surface area contributed by atoms with Gasteiger partial charge >= 0.3 is 0 Å². The summed E-state index contributed by atoms with van der Waals surface area (Å²) in [5, 5.41) is 3.68. The first-order chi connectivity index (χ1) is 3.29. The molecule has 0 spiro atoms. The van der Waals surface area contributed by atoms with Gasteiger partial charge in [-0.2, -0.15) is 0 Å². The molecule has 1 rings (SSSR count). The van der Waals surface area contributed by atoms with Gasteiger partial charge in [0.2, 0.25) is 5.22 Å². The van der Waals surface area contributed by atoms with Crippen LogP contribution in [-0.2, 0) is 0 Å². The first-order valence-electron chi connectivity index (χ1n) is 1.73. The number of nitrogens with zero attached hydrogens (tertiary/aromatic N) is 1. The Balaban J connectivity index is 3.04. The van der Waals surface area contributed by atoms with Crippen molar-refractivity contribution in [1.82, 2.24) is 5.16 Å². The summed E-state index contributed by atoms with van der Waals surface area (Å²) >= 11 is 5.29. The molecule has 2 nitrogen and oxygen atoms in total. The van der Waals surface area contributed by atoms with Crippen LogP contribution in [0.1, 0.15) is 5.69 Å². The molecule has 0 saturated carbocycles. The van der Waals surface area contributed by atoms with E-state index in [0.717, 1.165) is 0 Å². The summed E-state index contributed by atoms with van der Waals surface area (Å²) in [5.74, 6) is 0. The summed E-state index contributed by atoms with van der Waals surface area (Å²) in [7, 11) is 0. The van der Waals surface area contributed by atoms with E-state index in [1.165, 1.54) is 0 Å². The molecule has 37 valence electrons. The third kappa shape index (κ3) is 0.933. The van der Waals surface area contributed by atoms with Crippen molar-refractivity contribution in [2.75, 3.05) is 0 Å². The van der Waals surface area contributed by atoms with Crippen LogP contribution in [0.2, 0.25) is 5.22 Å². The average Bonchev–Trinajstić information content (AvgIpc) is 1.87. The summed E-state index contributed by atoms with van der Waals surface area (Å²) in [4.78, 5) is 0. The third-order valence-electron chi connectivity index (χ3n) is 0.530. The van der Waals surface area contributed by atoms with Crippen LogP contribution >= 0.6 is 11.6 Å². The van der Waals surface area contributed by atoms with E-state index in [-0.39, 0.29) is 5.22 Å². The summed E-state index contributed by atoms with van der Waals surface area (Å²) in [5.41, 5.74) is 0.560. The Hall–Kier alpha value is -0.500. The largest absolute Gasteiger partial charge is 0.344 e. The van der Waals surface area contributed by atoms with Gasteiger partial charge in [0.05, 0.1) is 5.69 Å². The van der Waals surface area contributed by atoms with Crippen molar-refractivity contribution >= 4 is 11.6 Å². The van der Waals surface area contributed by atoms with E-state index < -0.39 is 0 Å². The topological polar surface area (TPSA) is 26.0 Å². The first-order valence-corrected chi connectivity index (χ1v) is 2.11. The van der Waals surface area contributed by atoms with E-state index in [1.54, 1.807) is 6.07 Å².